The molecular formula is C11H18N2O. The third kappa shape index (κ3) is 2.29. The van der Waals surface area contributed by atoms with Crippen LogP contribution in [0.1, 0.15) is 36.6 Å². The van der Waals surface area contributed by atoms with Gasteiger partial charge in [-0.05, 0) is 13.8 Å². The van der Waals surface area contributed by atoms with Gasteiger partial charge in [-0.1, -0.05) is 13.8 Å². The minimum Gasteiger partial charge on any atom is -0.376 e. The molecular weight excluding hydrogens is 176 g/mol. The average molecular weight is 194 g/mol. The highest BCUT2D eigenvalue weighted by Gasteiger charge is 2.14. The van der Waals surface area contributed by atoms with Crippen LogP contribution in [-0.2, 0) is 17.8 Å². The number of hydrogen-bond acceptors (Lipinski definition) is 3. The van der Waals surface area contributed by atoms with E-state index in [1.807, 2.05) is 27.7 Å². The molecule has 3 heteroatoms. The molecule has 0 amide bonds. The number of nitrogens with zero attached hydrogens (tertiary/aromatic N) is 2. The summed E-state index contributed by atoms with van der Waals surface area (Å²) >= 11 is 0. The Balaban J connectivity index is 0.000000461. The predicted octanol–water partition coefficient (Wildman–Crippen LogP) is 2.19. The zero-order chi connectivity index (χ0) is 10.6. The molecule has 2 rings (SSSR count). The topological polar surface area (TPSA) is 35.0 Å². The largest absolute Gasteiger partial charge is 0.376 e. The van der Waals surface area contributed by atoms with Crippen LogP contribution in [0.2, 0.25) is 0 Å². The molecule has 0 bridgehead atoms. The van der Waals surface area contributed by atoms with E-state index in [9.17, 15) is 0 Å². The van der Waals surface area contributed by atoms with Crippen molar-refractivity contribution in [3.8, 4) is 0 Å². The van der Waals surface area contributed by atoms with Gasteiger partial charge in [-0.3, -0.25) is 0 Å². The van der Waals surface area contributed by atoms with Crippen LogP contribution in [0.4, 0.5) is 0 Å². The summed E-state index contributed by atoms with van der Waals surface area (Å²) < 4.78 is 5.34. The lowest BCUT2D eigenvalue weighted by Gasteiger charge is -2.17. The van der Waals surface area contributed by atoms with Gasteiger partial charge in [0.1, 0.15) is 5.82 Å². The second-order valence-electron chi connectivity index (χ2n) is 3.08. The van der Waals surface area contributed by atoms with E-state index in [1.165, 1.54) is 11.3 Å². The minimum absolute atomic E-state index is 0.682. The van der Waals surface area contributed by atoms with Crippen LogP contribution < -0.4 is 0 Å². The Kier molecular flexibility index (Phi) is 4.01. The molecule has 1 aromatic rings. The Morgan fingerprint density at radius 2 is 1.86 bits per heavy atom. The monoisotopic (exact) mass is 194 g/mol. The molecule has 1 aromatic heterocycles. The van der Waals surface area contributed by atoms with Gasteiger partial charge in [-0.15, -0.1) is 0 Å². The molecule has 0 N–H and O–H groups in total. The van der Waals surface area contributed by atoms with E-state index in [2.05, 4.69) is 9.97 Å². The first-order valence-electron chi connectivity index (χ1n) is 5.18. The summed E-state index contributed by atoms with van der Waals surface area (Å²) in [5.74, 6) is 0.869. The molecule has 0 fully saturated rings. The van der Waals surface area contributed by atoms with Gasteiger partial charge in [-0.25, -0.2) is 9.97 Å². The molecule has 0 unspecified atom stereocenters. The molecule has 0 spiro atoms. The van der Waals surface area contributed by atoms with E-state index in [0.29, 0.717) is 6.61 Å². The first kappa shape index (κ1) is 11.1. The molecule has 0 aliphatic carbocycles. The second kappa shape index (κ2) is 5.05. The highest BCUT2D eigenvalue weighted by molar-refractivity contribution is 5.25. The lowest BCUT2D eigenvalue weighted by atomic mass is 10.1. The standard InChI is InChI=1S/C9H12N2O.C2H6/c1-6-8-5-12-4-3-9(8)11-7(2)10-6;1-2/h3-5H2,1-2H3;1-2H3. The van der Waals surface area contributed by atoms with Crippen LogP contribution in [-0.4, -0.2) is 16.6 Å². The van der Waals surface area contributed by atoms with Gasteiger partial charge in [0, 0.05) is 17.7 Å². The second-order valence-corrected chi connectivity index (χ2v) is 3.08. The smallest absolute Gasteiger partial charge is 0.125 e. The maximum absolute atomic E-state index is 5.34. The maximum Gasteiger partial charge on any atom is 0.125 e. The van der Waals surface area contributed by atoms with Crippen molar-refractivity contribution < 1.29 is 4.74 Å². The zero-order valence-electron chi connectivity index (χ0n) is 9.42. The van der Waals surface area contributed by atoms with Crippen molar-refractivity contribution in [3.05, 3.63) is 22.8 Å². The lowest BCUT2D eigenvalue weighted by Crippen LogP contribution is -2.15. The summed E-state index contributed by atoms with van der Waals surface area (Å²) in [7, 11) is 0. The van der Waals surface area contributed by atoms with Crippen LogP contribution in [0.5, 0.6) is 0 Å². The molecule has 1 aliphatic heterocycles. The Morgan fingerprint density at radius 1 is 1.14 bits per heavy atom. The molecule has 78 valence electrons. The van der Waals surface area contributed by atoms with E-state index < -0.39 is 0 Å². The number of aryl methyl sites for hydroxylation is 2. The van der Waals surface area contributed by atoms with Crippen molar-refractivity contribution in [3.63, 3.8) is 0 Å². The minimum atomic E-state index is 0.682. The summed E-state index contributed by atoms with van der Waals surface area (Å²) in [5, 5.41) is 0. The summed E-state index contributed by atoms with van der Waals surface area (Å²) in [4.78, 5) is 8.68. The van der Waals surface area contributed by atoms with E-state index >= 15 is 0 Å². The van der Waals surface area contributed by atoms with E-state index in [0.717, 1.165) is 24.5 Å². The van der Waals surface area contributed by atoms with E-state index in [-0.39, 0.29) is 0 Å². The third-order valence-electron chi connectivity index (χ3n) is 2.14. The van der Waals surface area contributed by atoms with Crippen molar-refractivity contribution in [2.75, 3.05) is 6.61 Å². The Morgan fingerprint density at radius 3 is 2.57 bits per heavy atom. The van der Waals surface area contributed by atoms with Gasteiger partial charge in [0.15, 0.2) is 0 Å². The maximum atomic E-state index is 5.34. The van der Waals surface area contributed by atoms with E-state index in [1.54, 1.807) is 0 Å². The third-order valence-corrected chi connectivity index (χ3v) is 2.14. The fourth-order valence-corrected chi connectivity index (χ4v) is 1.54. The fourth-order valence-electron chi connectivity index (χ4n) is 1.54. The van der Waals surface area contributed by atoms with Crippen LogP contribution in [0, 0.1) is 13.8 Å². The summed E-state index contributed by atoms with van der Waals surface area (Å²) in [6.45, 7) is 9.43. The van der Waals surface area contributed by atoms with Crippen LogP contribution in [0.25, 0.3) is 0 Å². The highest BCUT2D eigenvalue weighted by atomic mass is 16.5. The molecule has 2 heterocycles. The van der Waals surface area contributed by atoms with Gasteiger partial charge in [0.2, 0.25) is 0 Å². The fraction of sp³-hybridized carbons (Fsp3) is 0.636. The highest BCUT2D eigenvalue weighted by Crippen LogP contribution is 2.16. The van der Waals surface area contributed by atoms with Gasteiger partial charge in [0.05, 0.1) is 18.9 Å². The summed E-state index contributed by atoms with van der Waals surface area (Å²) in [6, 6.07) is 0. The van der Waals surface area contributed by atoms with Crippen LogP contribution >= 0.6 is 0 Å². The quantitative estimate of drug-likeness (QED) is 0.635. The van der Waals surface area contributed by atoms with Crippen molar-refractivity contribution in [2.45, 2.75) is 40.7 Å². The Hall–Kier alpha value is -0.960. The van der Waals surface area contributed by atoms with Crippen molar-refractivity contribution in [1.29, 1.82) is 0 Å². The molecule has 3 nitrogen and oxygen atoms in total. The van der Waals surface area contributed by atoms with Crippen LogP contribution in [0.3, 0.4) is 0 Å². The first-order chi connectivity index (χ1) is 6.77. The molecule has 0 radical (unpaired) electrons. The molecule has 0 aromatic carbocycles. The molecule has 1 aliphatic rings. The first-order valence-corrected chi connectivity index (χ1v) is 5.18. The van der Waals surface area contributed by atoms with E-state index in [4.69, 9.17) is 4.74 Å². The number of aromatic nitrogens is 2. The molecule has 0 saturated carbocycles. The summed E-state index contributed by atoms with van der Waals surface area (Å²) in [5.41, 5.74) is 3.43. The van der Waals surface area contributed by atoms with Crippen molar-refractivity contribution >= 4 is 0 Å². The van der Waals surface area contributed by atoms with Crippen LogP contribution in [0.15, 0.2) is 0 Å². The SMILES string of the molecule is CC.Cc1nc(C)c2c(n1)CCOC2. The van der Waals surface area contributed by atoms with Crippen molar-refractivity contribution in [2.24, 2.45) is 0 Å². The number of hydrogen-bond donors (Lipinski definition) is 0. The molecule has 14 heavy (non-hydrogen) atoms. The zero-order valence-corrected chi connectivity index (χ0v) is 9.42. The van der Waals surface area contributed by atoms with Gasteiger partial charge < -0.3 is 4.74 Å². The van der Waals surface area contributed by atoms with Gasteiger partial charge in [0.25, 0.3) is 0 Å². The molecule has 0 atom stereocenters. The predicted molar refractivity (Wildman–Crippen MR) is 56.2 cm³/mol. The molecule has 0 saturated heterocycles. The van der Waals surface area contributed by atoms with Gasteiger partial charge >= 0.3 is 0 Å². The number of fused-ring (bicyclic) bond motifs is 1. The lowest BCUT2D eigenvalue weighted by molar-refractivity contribution is 0.108. The van der Waals surface area contributed by atoms with Crippen molar-refractivity contribution in [1.82, 2.24) is 9.97 Å². The number of rotatable bonds is 0. The Labute approximate surface area is 85.5 Å². The normalized spacial score (nSPS) is 14.0. The summed E-state index contributed by atoms with van der Waals surface area (Å²) in [6.07, 6.45) is 0.930. The van der Waals surface area contributed by atoms with Gasteiger partial charge in [-0.2, -0.15) is 0 Å². The number of ether oxygens (including phenoxy) is 1. The average Bonchev–Trinajstić information content (AvgIpc) is 2.20. The Bertz CT molecular complexity index is 310.